The van der Waals surface area contributed by atoms with Gasteiger partial charge in [-0.1, -0.05) is 18.2 Å². The summed E-state index contributed by atoms with van der Waals surface area (Å²) in [6.45, 7) is 2.03. The highest BCUT2D eigenvalue weighted by Crippen LogP contribution is 2.22. The van der Waals surface area contributed by atoms with Gasteiger partial charge in [0.2, 0.25) is 5.78 Å². The van der Waals surface area contributed by atoms with Crippen LogP contribution in [0.1, 0.15) is 33.3 Å². The first-order valence-corrected chi connectivity index (χ1v) is 7.61. The maximum absolute atomic E-state index is 12.9. The van der Waals surface area contributed by atoms with Crippen molar-refractivity contribution < 1.29 is 19.1 Å². The Hall–Kier alpha value is -3.08. The Morgan fingerprint density at radius 2 is 1.92 bits per heavy atom. The summed E-state index contributed by atoms with van der Waals surface area (Å²) in [4.78, 5) is 25.1. The summed E-state index contributed by atoms with van der Waals surface area (Å²) in [6.07, 6.45) is 1.76. The first kappa shape index (κ1) is 15.8. The number of benzene rings is 1. The molecule has 0 amide bonds. The van der Waals surface area contributed by atoms with E-state index in [-0.39, 0.29) is 12.4 Å². The number of nitrogens with zero attached hydrogens (tertiary/aromatic N) is 1. The largest absolute Gasteiger partial charge is 0.497 e. The molecule has 0 atom stereocenters. The van der Waals surface area contributed by atoms with E-state index in [9.17, 15) is 9.59 Å². The molecule has 3 aromatic rings. The molecule has 5 nitrogen and oxygen atoms in total. The summed E-state index contributed by atoms with van der Waals surface area (Å²) >= 11 is 0. The number of rotatable bonds is 5. The second kappa shape index (κ2) is 6.58. The van der Waals surface area contributed by atoms with Gasteiger partial charge in [0.15, 0.2) is 0 Å². The molecule has 0 bridgehead atoms. The maximum atomic E-state index is 12.9. The second-order valence-electron chi connectivity index (χ2n) is 5.18. The van der Waals surface area contributed by atoms with Gasteiger partial charge in [0, 0.05) is 11.8 Å². The van der Waals surface area contributed by atoms with Crippen LogP contribution < -0.4 is 4.74 Å². The first-order valence-electron chi connectivity index (χ1n) is 7.61. The highest BCUT2D eigenvalue weighted by molar-refractivity contribution is 6.11. The maximum Gasteiger partial charge on any atom is 0.340 e. The molecule has 2 heterocycles. The fraction of sp³-hybridized carbons (Fsp3) is 0.158. The molecule has 0 N–H and O–H groups in total. The summed E-state index contributed by atoms with van der Waals surface area (Å²) in [7, 11) is 1.55. The standard InChI is InChI=1S/C19H17NO4/c1-3-24-19(22)15-12-17(20-10-5-4-9-16(15)20)18(21)13-7-6-8-14(11-13)23-2/h4-12H,3H2,1-2H3. The summed E-state index contributed by atoms with van der Waals surface area (Å²) in [6, 6.07) is 13.9. The normalized spacial score (nSPS) is 10.6. The number of fused-ring (bicyclic) bond motifs is 1. The van der Waals surface area contributed by atoms with Gasteiger partial charge in [-0.2, -0.15) is 0 Å². The molecule has 1 aromatic carbocycles. The fourth-order valence-electron chi connectivity index (χ4n) is 2.61. The van der Waals surface area contributed by atoms with Crippen LogP contribution in [0.4, 0.5) is 0 Å². The molecule has 0 saturated heterocycles. The minimum atomic E-state index is -0.439. The van der Waals surface area contributed by atoms with Crippen LogP contribution in [0.25, 0.3) is 5.52 Å². The number of pyridine rings is 1. The molecule has 0 unspecified atom stereocenters. The van der Waals surface area contributed by atoms with Crippen LogP contribution in [-0.2, 0) is 4.74 Å². The van der Waals surface area contributed by atoms with Crippen LogP contribution in [0.15, 0.2) is 54.7 Å². The van der Waals surface area contributed by atoms with Crippen LogP contribution in [-0.4, -0.2) is 29.9 Å². The zero-order valence-electron chi connectivity index (χ0n) is 13.5. The minimum Gasteiger partial charge on any atom is -0.497 e. The predicted molar refractivity (Wildman–Crippen MR) is 89.8 cm³/mol. The van der Waals surface area contributed by atoms with E-state index in [1.165, 1.54) is 0 Å². The average Bonchev–Trinajstić information content (AvgIpc) is 3.01. The van der Waals surface area contributed by atoms with Gasteiger partial charge in [0.1, 0.15) is 5.75 Å². The molecule has 0 aliphatic rings. The highest BCUT2D eigenvalue weighted by Gasteiger charge is 2.21. The third-order valence-corrected chi connectivity index (χ3v) is 3.74. The topological polar surface area (TPSA) is 57.0 Å². The van der Waals surface area contributed by atoms with Crippen molar-refractivity contribution in [2.75, 3.05) is 13.7 Å². The smallest absolute Gasteiger partial charge is 0.340 e. The van der Waals surface area contributed by atoms with E-state index in [0.29, 0.717) is 28.1 Å². The number of carbonyl (C=O) groups is 2. The highest BCUT2D eigenvalue weighted by atomic mass is 16.5. The Labute approximate surface area is 139 Å². The summed E-state index contributed by atoms with van der Waals surface area (Å²) < 4.78 is 12.0. The lowest BCUT2D eigenvalue weighted by Gasteiger charge is -2.04. The van der Waals surface area contributed by atoms with Gasteiger partial charge in [-0.3, -0.25) is 4.79 Å². The van der Waals surface area contributed by atoms with E-state index < -0.39 is 5.97 Å². The quantitative estimate of drug-likeness (QED) is 0.534. The van der Waals surface area contributed by atoms with E-state index >= 15 is 0 Å². The van der Waals surface area contributed by atoms with Crippen LogP contribution in [0.3, 0.4) is 0 Å². The zero-order chi connectivity index (χ0) is 17.1. The predicted octanol–water partition coefficient (Wildman–Crippen LogP) is 3.36. The third-order valence-electron chi connectivity index (χ3n) is 3.74. The SMILES string of the molecule is CCOC(=O)c1cc(C(=O)c2cccc(OC)c2)n2ccccc12. The van der Waals surface area contributed by atoms with Gasteiger partial charge >= 0.3 is 5.97 Å². The number of carbonyl (C=O) groups excluding carboxylic acids is 2. The van der Waals surface area contributed by atoms with Gasteiger partial charge in [-0.25, -0.2) is 4.79 Å². The van der Waals surface area contributed by atoms with Gasteiger partial charge in [-0.05, 0) is 37.3 Å². The Morgan fingerprint density at radius 3 is 2.67 bits per heavy atom. The lowest BCUT2D eigenvalue weighted by atomic mass is 10.1. The molecule has 2 aromatic heterocycles. The Balaban J connectivity index is 2.12. The van der Waals surface area contributed by atoms with E-state index in [1.54, 1.807) is 61.0 Å². The zero-order valence-corrected chi connectivity index (χ0v) is 13.5. The molecule has 5 heteroatoms. The van der Waals surface area contributed by atoms with Crippen molar-refractivity contribution >= 4 is 17.3 Å². The van der Waals surface area contributed by atoms with Crippen LogP contribution >= 0.6 is 0 Å². The van der Waals surface area contributed by atoms with Crippen LogP contribution in [0, 0.1) is 0 Å². The molecule has 0 spiro atoms. The molecular weight excluding hydrogens is 306 g/mol. The monoisotopic (exact) mass is 323 g/mol. The Kier molecular flexibility index (Phi) is 4.33. The van der Waals surface area contributed by atoms with Gasteiger partial charge in [0.05, 0.1) is 30.5 Å². The molecule has 24 heavy (non-hydrogen) atoms. The van der Waals surface area contributed by atoms with Crippen molar-refractivity contribution in [2.24, 2.45) is 0 Å². The number of esters is 1. The number of hydrogen-bond donors (Lipinski definition) is 0. The second-order valence-corrected chi connectivity index (χ2v) is 5.18. The Bertz CT molecular complexity index is 911. The van der Waals surface area contributed by atoms with Gasteiger partial charge in [0.25, 0.3) is 0 Å². The molecular formula is C19H17NO4. The summed E-state index contributed by atoms with van der Waals surface area (Å²) in [5.41, 5.74) is 1.92. The van der Waals surface area contributed by atoms with Gasteiger partial charge < -0.3 is 13.9 Å². The van der Waals surface area contributed by atoms with Crippen molar-refractivity contribution in [3.63, 3.8) is 0 Å². The van der Waals surface area contributed by atoms with Crippen molar-refractivity contribution in [1.29, 1.82) is 0 Å². The van der Waals surface area contributed by atoms with E-state index in [0.717, 1.165) is 0 Å². The van der Waals surface area contributed by atoms with Crippen molar-refractivity contribution in [2.45, 2.75) is 6.92 Å². The molecule has 0 saturated carbocycles. The molecule has 0 radical (unpaired) electrons. The summed E-state index contributed by atoms with van der Waals surface area (Å²) in [5.74, 6) is -0.0242. The van der Waals surface area contributed by atoms with Gasteiger partial charge in [-0.15, -0.1) is 0 Å². The fourth-order valence-corrected chi connectivity index (χ4v) is 2.61. The van der Waals surface area contributed by atoms with Crippen molar-refractivity contribution in [3.05, 3.63) is 71.5 Å². The van der Waals surface area contributed by atoms with Crippen LogP contribution in [0.2, 0.25) is 0 Å². The molecule has 122 valence electrons. The summed E-state index contributed by atoms with van der Waals surface area (Å²) in [5, 5.41) is 0. The van der Waals surface area contributed by atoms with Crippen molar-refractivity contribution in [1.82, 2.24) is 4.40 Å². The van der Waals surface area contributed by atoms with Crippen LogP contribution in [0.5, 0.6) is 5.75 Å². The van der Waals surface area contributed by atoms with E-state index in [4.69, 9.17) is 9.47 Å². The Morgan fingerprint density at radius 1 is 1.08 bits per heavy atom. The lowest BCUT2D eigenvalue weighted by Crippen LogP contribution is -2.05. The first-order chi connectivity index (χ1) is 11.7. The number of hydrogen-bond acceptors (Lipinski definition) is 4. The molecule has 0 aliphatic carbocycles. The third kappa shape index (κ3) is 2.76. The number of ether oxygens (including phenoxy) is 2. The molecule has 0 fully saturated rings. The van der Waals surface area contributed by atoms with E-state index in [2.05, 4.69) is 0 Å². The van der Waals surface area contributed by atoms with Crippen molar-refractivity contribution in [3.8, 4) is 5.75 Å². The number of methoxy groups -OCH3 is 1. The van der Waals surface area contributed by atoms with E-state index in [1.807, 2.05) is 12.1 Å². The number of ketones is 1. The molecule has 3 rings (SSSR count). The minimum absolute atomic E-state index is 0.189. The molecule has 0 aliphatic heterocycles. The lowest BCUT2D eigenvalue weighted by molar-refractivity contribution is 0.0529. The average molecular weight is 323 g/mol. The number of aromatic nitrogens is 1.